The summed E-state index contributed by atoms with van der Waals surface area (Å²) in [5.74, 6) is -3.10. The van der Waals surface area contributed by atoms with E-state index in [1.54, 1.807) is 36.4 Å². The normalized spacial score (nSPS) is 12.9. The summed E-state index contributed by atoms with van der Waals surface area (Å²) in [4.78, 5) is 79.3. The molecule has 0 aromatic heterocycles. The number of Topliss-reactive ketones (excluding diaryl/α,β-unsaturated/α-hetero) is 2. The van der Waals surface area contributed by atoms with E-state index in [1.807, 2.05) is 27.7 Å². The number of hydrogen-bond acceptors (Lipinski definition) is 12. The molecule has 0 saturated carbocycles. The molecule has 0 bridgehead atoms. The molecular formula is C50H49Cl5N8O8. The van der Waals surface area contributed by atoms with Crippen LogP contribution in [0, 0.1) is 0 Å². The molecule has 5 rings (SSSR count). The van der Waals surface area contributed by atoms with Gasteiger partial charge in [-0.3, -0.25) is 28.8 Å². The molecule has 0 saturated heterocycles. The van der Waals surface area contributed by atoms with Crippen molar-refractivity contribution in [2.75, 3.05) is 40.4 Å². The fourth-order valence-electron chi connectivity index (χ4n) is 6.64. The van der Waals surface area contributed by atoms with Gasteiger partial charge < -0.3 is 30.7 Å². The Bertz CT molecular complexity index is 2880. The van der Waals surface area contributed by atoms with E-state index in [4.69, 9.17) is 67.5 Å². The largest absolute Gasteiger partial charge is 0.492 e. The van der Waals surface area contributed by atoms with Crippen LogP contribution in [-0.2, 0) is 25.6 Å². The number of anilines is 4. The highest BCUT2D eigenvalue weighted by Crippen LogP contribution is 2.34. The van der Waals surface area contributed by atoms with Gasteiger partial charge in [-0.25, -0.2) is 0 Å². The number of hydrogen-bond donors (Lipinski definition) is 4. The number of nitrogens with zero attached hydrogens (tertiary/aromatic N) is 4. The number of azo groups is 2. The predicted molar refractivity (Wildman–Crippen MR) is 279 cm³/mol. The van der Waals surface area contributed by atoms with E-state index in [9.17, 15) is 28.8 Å². The van der Waals surface area contributed by atoms with Crippen LogP contribution in [0.5, 0.6) is 11.5 Å². The average Bonchev–Trinajstić information content (AvgIpc) is 3.30. The van der Waals surface area contributed by atoms with Crippen molar-refractivity contribution >= 4 is 127 Å². The first-order valence-corrected chi connectivity index (χ1v) is 24.2. The van der Waals surface area contributed by atoms with Gasteiger partial charge in [0.2, 0.25) is 12.1 Å². The summed E-state index contributed by atoms with van der Waals surface area (Å²) < 4.78 is 11.4. The van der Waals surface area contributed by atoms with Gasteiger partial charge >= 0.3 is 0 Å². The molecule has 0 fully saturated rings. The first kappa shape index (κ1) is 55.5. The molecule has 21 heteroatoms. The van der Waals surface area contributed by atoms with Crippen LogP contribution in [0.4, 0.5) is 34.1 Å². The number of ketones is 2. The van der Waals surface area contributed by atoms with Gasteiger partial charge in [-0.1, -0.05) is 35.3 Å². The van der Waals surface area contributed by atoms with Crippen LogP contribution in [-0.4, -0.2) is 66.4 Å². The minimum atomic E-state index is -1.62. The molecule has 4 N–H and O–H groups in total. The average molecular weight is 1070 g/mol. The molecule has 4 amide bonds. The number of rotatable bonds is 22. The standard InChI is InChI=1S/C50H49Cl5N8O8/c1-7-70-43-22-30(26(3)52)9-12-41(43)58-47(66)33-17-35(54)24-38(20-33)60-62-45(28(5)64)49(68)56-37-11-14-40(32(19-37)15-16-51)57-50(69)46(29(6)65)63-61-39-21-34(18-36(55)25-39)48(67)59-42-13-10-31(27(4)53)23-44(42)71-8-2/h9-14,17-27,45-46H,7-8,15-16H2,1-6H3,(H,56,68)(H,57,69)(H,58,66)(H,59,67). The number of carbonyl (C=O) groups is 6. The van der Waals surface area contributed by atoms with Crippen molar-refractivity contribution < 1.29 is 38.2 Å². The van der Waals surface area contributed by atoms with E-state index < -0.39 is 47.3 Å². The van der Waals surface area contributed by atoms with Gasteiger partial charge in [0.1, 0.15) is 11.5 Å². The molecule has 71 heavy (non-hydrogen) atoms. The second-order valence-corrected chi connectivity index (χ2v) is 18.2. The maximum atomic E-state index is 13.6. The third-order valence-electron chi connectivity index (χ3n) is 10.2. The van der Waals surface area contributed by atoms with Crippen LogP contribution < -0.4 is 30.7 Å². The zero-order valence-electron chi connectivity index (χ0n) is 39.2. The number of nitrogens with one attached hydrogen (secondary N) is 4. The lowest BCUT2D eigenvalue weighted by Crippen LogP contribution is -2.32. The molecule has 16 nitrogen and oxygen atoms in total. The van der Waals surface area contributed by atoms with Gasteiger partial charge in [0.25, 0.3) is 23.6 Å². The number of ether oxygens (including phenoxy) is 2. The second kappa shape index (κ2) is 26.1. The molecule has 4 atom stereocenters. The highest BCUT2D eigenvalue weighted by atomic mass is 35.5. The number of halogens is 5. The molecule has 5 aromatic carbocycles. The maximum absolute atomic E-state index is 13.6. The first-order valence-electron chi connectivity index (χ1n) is 22.0. The molecule has 0 spiro atoms. The highest BCUT2D eigenvalue weighted by Gasteiger charge is 2.26. The Labute approximate surface area is 435 Å². The summed E-state index contributed by atoms with van der Waals surface area (Å²) in [5, 5.41) is 26.8. The fraction of sp³-hybridized carbons (Fsp3) is 0.280. The van der Waals surface area contributed by atoms with Crippen molar-refractivity contribution in [3.8, 4) is 11.5 Å². The minimum absolute atomic E-state index is 0.0847. The van der Waals surface area contributed by atoms with E-state index in [-0.39, 0.29) is 67.0 Å². The van der Waals surface area contributed by atoms with Gasteiger partial charge in [-0.15, -0.1) is 34.8 Å². The minimum Gasteiger partial charge on any atom is -0.492 e. The Morgan fingerprint density at radius 3 is 1.41 bits per heavy atom. The quantitative estimate of drug-likeness (QED) is 0.0296. The molecule has 5 aromatic rings. The van der Waals surface area contributed by atoms with E-state index >= 15 is 0 Å². The number of carbonyl (C=O) groups excluding carboxylic acids is 6. The third-order valence-corrected chi connectivity index (χ3v) is 11.3. The van der Waals surface area contributed by atoms with Crippen molar-refractivity contribution in [3.05, 3.63) is 129 Å². The predicted octanol–water partition coefficient (Wildman–Crippen LogP) is 13.0. The van der Waals surface area contributed by atoms with E-state index in [0.29, 0.717) is 41.7 Å². The summed E-state index contributed by atoms with van der Waals surface area (Å²) in [7, 11) is 0. The smallest absolute Gasteiger partial charge is 0.258 e. The Hall–Kier alpha value is -6.43. The summed E-state index contributed by atoms with van der Waals surface area (Å²) in [6.45, 7) is 10.3. The number of benzene rings is 5. The maximum Gasteiger partial charge on any atom is 0.258 e. The fourth-order valence-corrected chi connectivity index (χ4v) is 7.58. The lowest BCUT2D eigenvalue weighted by Gasteiger charge is -2.16. The van der Waals surface area contributed by atoms with Crippen LogP contribution in [0.1, 0.15) is 89.7 Å². The second-order valence-electron chi connectivity index (χ2n) is 15.7. The molecule has 0 heterocycles. The molecule has 0 aliphatic carbocycles. The first-order chi connectivity index (χ1) is 33.8. The lowest BCUT2D eigenvalue weighted by molar-refractivity contribution is -0.127. The summed E-state index contributed by atoms with van der Waals surface area (Å²) in [6, 6.07) is 20.0. The van der Waals surface area contributed by atoms with Gasteiger partial charge in [0, 0.05) is 38.4 Å². The lowest BCUT2D eigenvalue weighted by atomic mass is 10.1. The number of aryl methyl sites for hydroxylation is 1. The van der Waals surface area contributed by atoms with Crippen molar-refractivity contribution in [2.45, 2.75) is 70.8 Å². The number of alkyl halides is 3. The zero-order chi connectivity index (χ0) is 51.9. The SMILES string of the molecule is CCOc1cc(C(C)Cl)ccc1NC(=O)c1cc(Cl)cc(N=NC(C(C)=O)C(=O)Nc2ccc(NC(=O)C(N=Nc3cc(Cl)cc(C(=O)Nc4ccc(C(C)Cl)cc4OCC)c3)C(C)=O)c(CCCl)c2)c1. The van der Waals surface area contributed by atoms with Crippen LogP contribution in [0.3, 0.4) is 0 Å². The van der Waals surface area contributed by atoms with Gasteiger partial charge in [-0.2, -0.15) is 20.5 Å². The van der Waals surface area contributed by atoms with Crippen molar-refractivity contribution in [1.82, 2.24) is 0 Å². The summed E-state index contributed by atoms with van der Waals surface area (Å²) in [6.07, 6.45) is 0.202. The summed E-state index contributed by atoms with van der Waals surface area (Å²) >= 11 is 31.3. The molecule has 4 unspecified atom stereocenters. The zero-order valence-corrected chi connectivity index (χ0v) is 43.0. The van der Waals surface area contributed by atoms with Crippen LogP contribution in [0.2, 0.25) is 10.0 Å². The van der Waals surface area contributed by atoms with E-state index in [1.165, 1.54) is 61.5 Å². The monoisotopic (exact) mass is 1060 g/mol. The molecule has 0 radical (unpaired) electrons. The van der Waals surface area contributed by atoms with Crippen molar-refractivity contribution in [2.24, 2.45) is 20.5 Å². The third kappa shape index (κ3) is 15.8. The Morgan fingerprint density at radius 2 is 1.00 bits per heavy atom. The topological polar surface area (TPSA) is 218 Å². The van der Waals surface area contributed by atoms with Gasteiger partial charge in [0.05, 0.1) is 46.7 Å². The summed E-state index contributed by atoms with van der Waals surface area (Å²) in [5.41, 5.74) is 3.71. The van der Waals surface area contributed by atoms with Crippen LogP contribution in [0.15, 0.2) is 111 Å². The highest BCUT2D eigenvalue weighted by molar-refractivity contribution is 6.32. The molecule has 372 valence electrons. The number of amides is 4. The molecular weight excluding hydrogens is 1020 g/mol. The van der Waals surface area contributed by atoms with Gasteiger partial charge in [-0.05, 0) is 144 Å². The Balaban J connectivity index is 1.28. The Morgan fingerprint density at radius 1 is 0.563 bits per heavy atom. The van der Waals surface area contributed by atoms with E-state index in [2.05, 4.69) is 41.7 Å². The van der Waals surface area contributed by atoms with Crippen LogP contribution in [0.25, 0.3) is 0 Å². The van der Waals surface area contributed by atoms with E-state index in [0.717, 1.165) is 18.1 Å². The van der Waals surface area contributed by atoms with Crippen molar-refractivity contribution in [3.63, 3.8) is 0 Å². The molecule has 0 aliphatic heterocycles. The van der Waals surface area contributed by atoms with Crippen LogP contribution >= 0.6 is 58.0 Å². The van der Waals surface area contributed by atoms with Gasteiger partial charge in [0.15, 0.2) is 11.6 Å². The Kier molecular flexibility index (Phi) is 20.4. The molecule has 0 aliphatic rings. The van der Waals surface area contributed by atoms with Crippen molar-refractivity contribution in [1.29, 1.82) is 0 Å².